The van der Waals surface area contributed by atoms with E-state index in [-0.39, 0.29) is 5.41 Å². The molecular weight excluding hydrogens is 861 g/mol. The lowest BCUT2D eigenvalue weighted by atomic mass is 9.67. The zero-order valence-corrected chi connectivity index (χ0v) is 39.4. The second-order valence-electron chi connectivity index (χ2n) is 20.0. The Morgan fingerprint density at radius 2 is 0.944 bits per heavy atom. The van der Waals surface area contributed by atoms with E-state index in [0.29, 0.717) is 0 Å². The van der Waals surface area contributed by atoms with E-state index < -0.39 is 5.41 Å². The molecule has 0 bridgehead atoms. The summed E-state index contributed by atoms with van der Waals surface area (Å²) in [6.45, 7) is 4.77. The minimum atomic E-state index is -0.531. The molecule has 0 spiro atoms. The highest BCUT2D eigenvalue weighted by molar-refractivity contribution is 6.12. The predicted molar refractivity (Wildman–Crippen MR) is 295 cm³/mol. The molecule has 3 heteroatoms. The molecule has 2 heterocycles. The third-order valence-corrected chi connectivity index (χ3v) is 16.0. The first-order chi connectivity index (χ1) is 35.0. The molecular formula is C68H46N2O. The number of rotatable bonds is 6. The van der Waals surface area contributed by atoms with E-state index >= 15 is 0 Å². The highest BCUT2D eigenvalue weighted by Gasteiger charge is 2.46. The molecule has 0 unspecified atom stereocenters. The Morgan fingerprint density at radius 3 is 1.72 bits per heavy atom. The maximum atomic E-state index is 6.42. The number of nitrogens with zero attached hydrogens (tertiary/aromatic N) is 2. The van der Waals surface area contributed by atoms with Crippen LogP contribution in [0.4, 0.5) is 17.1 Å². The van der Waals surface area contributed by atoms with Crippen LogP contribution in [0, 0.1) is 0 Å². The van der Waals surface area contributed by atoms with E-state index in [1.54, 1.807) is 0 Å². The number of anilines is 3. The van der Waals surface area contributed by atoms with Gasteiger partial charge in [-0.15, -0.1) is 0 Å². The van der Waals surface area contributed by atoms with Gasteiger partial charge in [0.05, 0.1) is 16.4 Å². The van der Waals surface area contributed by atoms with Crippen molar-refractivity contribution in [3.63, 3.8) is 0 Å². The Bertz CT molecular complexity index is 4280. The van der Waals surface area contributed by atoms with Gasteiger partial charge in [0.1, 0.15) is 11.2 Å². The molecule has 0 radical (unpaired) electrons. The number of benzene rings is 11. The Hall–Kier alpha value is -8.92. The quantitative estimate of drug-likeness (QED) is 0.166. The fourth-order valence-electron chi connectivity index (χ4n) is 12.9. The Balaban J connectivity index is 1.00. The van der Waals surface area contributed by atoms with Crippen LogP contribution in [0.15, 0.2) is 247 Å². The van der Waals surface area contributed by atoms with Crippen LogP contribution in [0.5, 0.6) is 0 Å². The third kappa shape index (κ3) is 5.55. The summed E-state index contributed by atoms with van der Waals surface area (Å²) in [5.74, 6) is 0. The average molecular weight is 907 g/mol. The van der Waals surface area contributed by atoms with Crippen molar-refractivity contribution in [2.24, 2.45) is 0 Å². The van der Waals surface area contributed by atoms with Gasteiger partial charge >= 0.3 is 0 Å². The second kappa shape index (κ2) is 14.8. The monoisotopic (exact) mass is 906 g/mol. The number of hydrogen-bond acceptors (Lipinski definition) is 2. The second-order valence-corrected chi connectivity index (χ2v) is 20.0. The van der Waals surface area contributed by atoms with Crippen molar-refractivity contribution in [3.05, 3.63) is 276 Å². The molecule has 0 atom stereocenters. The smallest absolute Gasteiger partial charge is 0.135 e. The molecule has 71 heavy (non-hydrogen) atoms. The molecule has 2 aliphatic rings. The predicted octanol–water partition coefficient (Wildman–Crippen LogP) is 18.0. The lowest BCUT2D eigenvalue weighted by molar-refractivity contribution is 0.661. The summed E-state index contributed by atoms with van der Waals surface area (Å²) in [6.07, 6.45) is 0. The van der Waals surface area contributed by atoms with Crippen LogP contribution in [0.2, 0.25) is 0 Å². The van der Waals surface area contributed by atoms with Crippen LogP contribution in [-0.2, 0) is 10.8 Å². The van der Waals surface area contributed by atoms with Gasteiger partial charge in [-0.2, -0.15) is 0 Å². The van der Waals surface area contributed by atoms with Gasteiger partial charge in [-0.25, -0.2) is 0 Å². The molecule has 0 aliphatic heterocycles. The van der Waals surface area contributed by atoms with Gasteiger partial charge in [0.2, 0.25) is 0 Å². The summed E-state index contributed by atoms with van der Waals surface area (Å²) in [5, 5.41) is 7.16. The van der Waals surface area contributed by atoms with Crippen LogP contribution in [-0.4, -0.2) is 4.57 Å². The maximum absolute atomic E-state index is 6.42. The molecule has 11 aromatic carbocycles. The molecule has 2 aromatic heterocycles. The van der Waals surface area contributed by atoms with Gasteiger partial charge in [0, 0.05) is 49.7 Å². The van der Waals surface area contributed by atoms with Gasteiger partial charge in [-0.05, 0) is 145 Å². The number of aromatic nitrogens is 1. The Morgan fingerprint density at radius 1 is 0.366 bits per heavy atom. The summed E-state index contributed by atoms with van der Waals surface area (Å²) in [6, 6.07) is 90.0. The highest BCUT2D eigenvalue weighted by atomic mass is 16.3. The fraction of sp³-hybridized carbons (Fsp3) is 0.0588. The van der Waals surface area contributed by atoms with Crippen LogP contribution in [0.1, 0.15) is 47.2 Å². The van der Waals surface area contributed by atoms with Crippen molar-refractivity contribution in [1.29, 1.82) is 0 Å². The lowest BCUT2D eigenvalue weighted by Gasteiger charge is -2.34. The molecule has 0 amide bonds. The van der Waals surface area contributed by atoms with E-state index in [0.717, 1.165) is 55.7 Å². The molecule has 0 saturated carbocycles. The standard InChI is InChI=1S/C68H46N2O/c1-67(2)60-35-29-43-17-9-10-22-50(43)66(60)54-34-31-49(42-61(54)67)69(48-33-38-65-57(41-48)53-25-13-16-28-64(53)71-65)47-32-37-63-56(40-47)55-39-45(30-36-62(55)70(63)46-20-7-4-8-21-46)68(44-18-5-3-6-19-44)58-26-14-11-23-51(58)52-24-12-15-27-59(52)68/h3-42H,1-2H3. The third-order valence-electron chi connectivity index (χ3n) is 16.0. The van der Waals surface area contributed by atoms with Gasteiger partial charge in [0.15, 0.2) is 0 Å². The van der Waals surface area contributed by atoms with Crippen molar-refractivity contribution < 1.29 is 4.42 Å². The summed E-state index contributed by atoms with van der Waals surface area (Å²) in [7, 11) is 0. The fourth-order valence-corrected chi connectivity index (χ4v) is 12.9. The van der Waals surface area contributed by atoms with Crippen molar-refractivity contribution in [2.75, 3.05) is 4.90 Å². The van der Waals surface area contributed by atoms with Gasteiger partial charge < -0.3 is 13.9 Å². The van der Waals surface area contributed by atoms with E-state index in [9.17, 15) is 0 Å². The molecule has 0 saturated heterocycles. The number of hydrogen-bond donors (Lipinski definition) is 0. The summed E-state index contributed by atoms with van der Waals surface area (Å²) < 4.78 is 8.87. The molecule has 0 N–H and O–H groups in total. The van der Waals surface area contributed by atoms with Crippen molar-refractivity contribution in [3.8, 4) is 27.9 Å². The first kappa shape index (κ1) is 40.0. The maximum Gasteiger partial charge on any atom is 0.135 e. The average Bonchev–Trinajstić information content (AvgIpc) is 4.13. The van der Waals surface area contributed by atoms with Crippen molar-refractivity contribution >= 4 is 71.6 Å². The largest absolute Gasteiger partial charge is 0.456 e. The minimum Gasteiger partial charge on any atom is -0.456 e. The topological polar surface area (TPSA) is 21.3 Å². The number of fused-ring (bicyclic) bond motifs is 14. The first-order valence-electron chi connectivity index (χ1n) is 24.7. The van der Waals surface area contributed by atoms with Crippen LogP contribution >= 0.6 is 0 Å². The summed E-state index contributed by atoms with van der Waals surface area (Å²) in [4.78, 5) is 2.46. The molecule has 3 nitrogen and oxygen atoms in total. The molecule has 15 rings (SSSR count). The lowest BCUT2D eigenvalue weighted by Crippen LogP contribution is -2.28. The van der Waals surface area contributed by atoms with E-state index in [1.807, 2.05) is 6.07 Å². The Labute approximate surface area is 412 Å². The zero-order chi connectivity index (χ0) is 47.0. The van der Waals surface area contributed by atoms with Crippen LogP contribution in [0.3, 0.4) is 0 Å². The van der Waals surface area contributed by atoms with Gasteiger partial charge in [0.25, 0.3) is 0 Å². The van der Waals surface area contributed by atoms with Crippen LogP contribution < -0.4 is 4.90 Å². The van der Waals surface area contributed by atoms with Crippen molar-refractivity contribution in [2.45, 2.75) is 24.7 Å². The van der Waals surface area contributed by atoms with E-state index in [4.69, 9.17) is 4.42 Å². The van der Waals surface area contributed by atoms with Gasteiger partial charge in [-0.3, -0.25) is 0 Å². The normalized spacial score (nSPS) is 14.0. The minimum absolute atomic E-state index is 0.212. The number of furan rings is 1. The van der Waals surface area contributed by atoms with Crippen LogP contribution in [0.25, 0.3) is 82.5 Å². The Kier molecular flexibility index (Phi) is 8.34. The molecule has 334 valence electrons. The van der Waals surface area contributed by atoms with Gasteiger partial charge in [-0.1, -0.05) is 178 Å². The van der Waals surface area contributed by atoms with E-state index in [2.05, 4.69) is 260 Å². The molecule has 13 aromatic rings. The first-order valence-corrected chi connectivity index (χ1v) is 24.7. The zero-order valence-electron chi connectivity index (χ0n) is 39.4. The van der Waals surface area contributed by atoms with E-state index in [1.165, 1.54) is 77.2 Å². The number of para-hydroxylation sites is 2. The summed E-state index contributed by atoms with van der Waals surface area (Å²) >= 11 is 0. The summed E-state index contributed by atoms with van der Waals surface area (Å²) in [5.41, 5.74) is 20.8. The molecule has 2 aliphatic carbocycles. The highest BCUT2D eigenvalue weighted by Crippen LogP contribution is 2.57. The van der Waals surface area contributed by atoms with Crippen molar-refractivity contribution in [1.82, 2.24) is 4.57 Å². The SMILES string of the molecule is CC1(C)c2cc(N(c3ccc4oc5ccccc5c4c3)c3ccc4c(c3)c3cc(C5(c6ccccc6)c6ccccc6-c6ccccc65)ccc3n4-c3ccccc3)ccc2-c2c1ccc1ccccc21. The molecule has 0 fully saturated rings.